The maximum Gasteiger partial charge on any atom is 0.352 e. The van der Waals surface area contributed by atoms with E-state index < -0.39 is 27.6 Å². The summed E-state index contributed by atoms with van der Waals surface area (Å²) in [7, 11) is -1.86. The first-order valence-corrected chi connectivity index (χ1v) is 15.4. The lowest BCUT2D eigenvalue weighted by Gasteiger charge is -2.35. The predicted molar refractivity (Wildman–Crippen MR) is 167 cm³/mol. The summed E-state index contributed by atoms with van der Waals surface area (Å²) in [6.07, 6.45) is 1.57. The third-order valence-electron chi connectivity index (χ3n) is 7.83. The molecular formula is C31H29N7O6S. The topological polar surface area (TPSA) is 184 Å². The number of rotatable bonds is 8. The molecule has 0 atom stereocenters. The Morgan fingerprint density at radius 1 is 0.889 bits per heavy atom. The molecule has 0 spiro atoms. The van der Waals surface area contributed by atoms with Crippen molar-refractivity contribution in [1.82, 2.24) is 19.7 Å². The summed E-state index contributed by atoms with van der Waals surface area (Å²) < 4.78 is 28.0. The first kappa shape index (κ1) is 29.6. The number of aromatic amines is 1. The van der Waals surface area contributed by atoms with Crippen LogP contribution in [-0.2, 0) is 9.84 Å². The van der Waals surface area contributed by atoms with Crippen LogP contribution in [0, 0.1) is 0 Å². The van der Waals surface area contributed by atoms with E-state index in [-0.39, 0.29) is 32.4 Å². The predicted octanol–water partition coefficient (Wildman–Crippen LogP) is 2.99. The van der Waals surface area contributed by atoms with Crippen molar-refractivity contribution >= 4 is 50.0 Å². The number of carbonyl (C=O) groups excluding carboxylic acids is 2. The van der Waals surface area contributed by atoms with Gasteiger partial charge in [0.2, 0.25) is 15.7 Å². The summed E-state index contributed by atoms with van der Waals surface area (Å²) in [5.41, 5.74) is 6.96. The van der Waals surface area contributed by atoms with Crippen LogP contribution < -0.4 is 16.0 Å². The molecule has 3 aromatic carbocycles. The first-order chi connectivity index (χ1) is 21.5. The van der Waals surface area contributed by atoms with Gasteiger partial charge in [0, 0.05) is 37.8 Å². The Kier molecular flexibility index (Phi) is 7.60. The highest BCUT2D eigenvalue weighted by atomic mass is 32.2. The zero-order valence-corrected chi connectivity index (χ0v) is 24.9. The minimum Gasteiger partial charge on any atom is -0.477 e. The number of H-pyrrole nitrogens is 1. The van der Waals surface area contributed by atoms with Gasteiger partial charge >= 0.3 is 5.97 Å². The average Bonchev–Trinajstić information content (AvgIpc) is 3.69. The number of likely N-dealkylation sites (N-methyl/N-ethyl adjacent to an activating group) is 1. The highest BCUT2D eigenvalue weighted by molar-refractivity contribution is 7.91. The maximum atomic E-state index is 13.8. The Morgan fingerprint density at radius 3 is 2.29 bits per heavy atom. The molecule has 2 aromatic heterocycles. The molecule has 2 amide bonds. The van der Waals surface area contributed by atoms with Gasteiger partial charge in [-0.25, -0.2) is 13.2 Å². The lowest BCUT2D eigenvalue weighted by molar-refractivity contribution is 0.0687. The number of primary amides is 1. The second-order valence-electron chi connectivity index (χ2n) is 10.7. The quantitative estimate of drug-likeness (QED) is 0.201. The number of nitrogens with one attached hydrogen (secondary N) is 2. The standard InChI is InChI=1S/C31H29N7O6S/c1-36-12-14-37(15-13-36)26-17-21(28(32)39)22(18-27(26)38-11-5-8-25(38)31(41)42)30(40)33-29-23-16-20(9-10-24(23)34-35-29)45(43,44)19-6-3-2-4-7-19/h2-11,16-18H,12-15H2,1H3,(H2,32,39)(H,41,42)(H2,33,34,35,40). The number of nitrogens with zero attached hydrogens (tertiary/aromatic N) is 4. The highest BCUT2D eigenvalue weighted by Crippen LogP contribution is 2.32. The molecule has 230 valence electrons. The maximum absolute atomic E-state index is 13.8. The van der Waals surface area contributed by atoms with E-state index in [1.54, 1.807) is 36.5 Å². The normalized spacial score (nSPS) is 14.0. The van der Waals surface area contributed by atoms with Crippen molar-refractivity contribution in [2.75, 3.05) is 43.4 Å². The van der Waals surface area contributed by atoms with Crippen LogP contribution >= 0.6 is 0 Å². The SMILES string of the molecule is CN1CCN(c2cc(C(N)=O)c(C(=O)Nc3n[nH]c4ccc(S(=O)(=O)c5ccccc5)cc34)cc2-n2cccc2C(=O)O)CC1. The van der Waals surface area contributed by atoms with Crippen LogP contribution in [-0.4, -0.2) is 84.2 Å². The number of hydrogen-bond acceptors (Lipinski definition) is 8. The Hall–Kier alpha value is -5.47. The summed E-state index contributed by atoms with van der Waals surface area (Å²) >= 11 is 0. The minimum absolute atomic E-state index is 0.00328. The fourth-order valence-corrected chi connectivity index (χ4v) is 6.70. The monoisotopic (exact) mass is 627 g/mol. The van der Waals surface area contributed by atoms with E-state index in [2.05, 4.69) is 20.4 Å². The van der Waals surface area contributed by atoms with E-state index in [9.17, 15) is 27.9 Å². The number of amides is 2. The average molecular weight is 628 g/mol. The van der Waals surface area contributed by atoms with Crippen LogP contribution in [0.5, 0.6) is 0 Å². The Labute approximate surface area is 257 Å². The number of aromatic carboxylic acids is 1. The summed E-state index contributed by atoms with van der Waals surface area (Å²) in [4.78, 5) is 42.9. The van der Waals surface area contributed by atoms with Gasteiger partial charge in [-0.15, -0.1) is 0 Å². The molecule has 0 aliphatic carbocycles. The van der Waals surface area contributed by atoms with Gasteiger partial charge in [-0.3, -0.25) is 14.7 Å². The molecular weight excluding hydrogens is 598 g/mol. The number of anilines is 2. The summed E-state index contributed by atoms with van der Waals surface area (Å²) in [6, 6.07) is 18.3. The number of benzene rings is 3. The van der Waals surface area contributed by atoms with Gasteiger partial charge < -0.3 is 30.5 Å². The number of carboxylic acids is 1. The molecule has 0 unspecified atom stereocenters. The first-order valence-electron chi connectivity index (χ1n) is 14.0. The van der Waals surface area contributed by atoms with Gasteiger partial charge in [0.05, 0.1) is 37.8 Å². The van der Waals surface area contributed by atoms with E-state index in [4.69, 9.17) is 5.73 Å². The number of aromatic nitrogens is 3. The van der Waals surface area contributed by atoms with Crippen LogP contribution in [0.15, 0.2) is 88.8 Å². The van der Waals surface area contributed by atoms with Gasteiger partial charge in [0.25, 0.3) is 5.91 Å². The number of nitrogens with two attached hydrogens (primary N) is 1. The van der Waals surface area contributed by atoms with E-state index >= 15 is 0 Å². The summed E-state index contributed by atoms with van der Waals surface area (Å²) in [6.45, 7) is 2.67. The smallest absolute Gasteiger partial charge is 0.352 e. The lowest BCUT2D eigenvalue weighted by Crippen LogP contribution is -2.45. The number of fused-ring (bicyclic) bond motifs is 1. The molecule has 13 nitrogen and oxygen atoms in total. The highest BCUT2D eigenvalue weighted by Gasteiger charge is 2.27. The molecule has 5 aromatic rings. The van der Waals surface area contributed by atoms with Crippen molar-refractivity contribution < 1.29 is 27.9 Å². The number of hydrogen-bond donors (Lipinski definition) is 4. The summed E-state index contributed by atoms with van der Waals surface area (Å²) in [5, 5.41) is 19.8. The second-order valence-corrected chi connectivity index (χ2v) is 12.6. The van der Waals surface area contributed by atoms with Gasteiger partial charge in [-0.05, 0) is 61.6 Å². The molecule has 3 heterocycles. The zero-order chi connectivity index (χ0) is 31.9. The van der Waals surface area contributed by atoms with Crippen molar-refractivity contribution in [3.63, 3.8) is 0 Å². The Morgan fingerprint density at radius 2 is 1.60 bits per heavy atom. The second kappa shape index (κ2) is 11.6. The molecule has 0 saturated carbocycles. The number of sulfone groups is 1. The largest absolute Gasteiger partial charge is 0.477 e. The van der Waals surface area contributed by atoms with Crippen LogP contribution in [0.4, 0.5) is 11.5 Å². The number of carboxylic acid groups (broad SMARTS) is 1. The molecule has 0 radical (unpaired) electrons. The van der Waals surface area contributed by atoms with Crippen LogP contribution in [0.25, 0.3) is 16.6 Å². The third-order valence-corrected chi connectivity index (χ3v) is 9.59. The molecule has 6 rings (SSSR count). The van der Waals surface area contributed by atoms with E-state index in [1.807, 2.05) is 11.9 Å². The molecule has 45 heavy (non-hydrogen) atoms. The fraction of sp³-hybridized carbons (Fsp3) is 0.161. The van der Waals surface area contributed by atoms with Crippen molar-refractivity contribution in [1.29, 1.82) is 0 Å². The van der Waals surface area contributed by atoms with Crippen molar-refractivity contribution in [2.45, 2.75) is 9.79 Å². The van der Waals surface area contributed by atoms with Crippen LogP contribution in [0.1, 0.15) is 31.2 Å². The van der Waals surface area contributed by atoms with E-state index in [1.165, 1.54) is 47.0 Å². The van der Waals surface area contributed by atoms with Crippen molar-refractivity contribution in [2.24, 2.45) is 5.73 Å². The molecule has 1 aliphatic rings. The van der Waals surface area contributed by atoms with E-state index in [0.29, 0.717) is 35.4 Å². The van der Waals surface area contributed by atoms with Crippen LogP contribution in [0.3, 0.4) is 0 Å². The molecule has 0 bridgehead atoms. The van der Waals surface area contributed by atoms with Gasteiger partial charge in [-0.1, -0.05) is 18.2 Å². The molecule has 14 heteroatoms. The molecule has 1 saturated heterocycles. The molecule has 1 aliphatic heterocycles. The molecule has 5 N–H and O–H groups in total. The van der Waals surface area contributed by atoms with Crippen LogP contribution in [0.2, 0.25) is 0 Å². The van der Waals surface area contributed by atoms with Gasteiger partial charge in [0.1, 0.15) is 5.69 Å². The number of carbonyl (C=O) groups is 3. The lowest BCUT2D eigenvalue weighted by atomic mass is 10.0. The fourth-order valence-electron chi connectivity index (χ4n) is 5.39. The summed E-state index contributed by atoms with van der Waals surface area (Å²) in [5.74, 6) is -2.73. The Balaban J connectivity index is 1.43. The van der Waals surface area contributed by atoms with E-state index in [0.717, 1.165) is 13.1 Å². The zero-order valence-electron chi connectivity index (χ0n) is 24.1. The van der Waals surface area contributed by atoms with Crippen molar-refractivity contribution in [3.8, 4) is 5.69 Å². The molecule has 1 fully saturated rings. The van der Waals surface area contributed by atoms with Gasteiger partial charge in [0.15, 0.2) is 5.82 Å². The number of piperazine rings is 1. The van der Waals surface area contributed by atoms with Gasteiger partial charge in [-0.2, -0.15) is 5.10 Å². The minimum atomic E-state index is -3.86. The van der Waals surface area contributed by atoms with Crippen molar-refractivity contribution in [3.05, 3.63) is 95.8 Å². The Bertz CT molecular complexity index is 2060. The third kappa shape index (κ3) is 5.52.